The second-order valence-electron chi connectivity index (χ2n) is 9.13. The zero-order valence-electron chi connectivity index (χ0n) is 23.9. The van der Waals surface area contributed by atoms with Crippen molar-refractivity contribution < 1.29 is 18.2 Å². The number of nitrogens with one attached hydrogen (secondary N) is 2. The van der Waals surface area contributed by atoms with Gasteiger partial charge in [0.25, 0.3) is 5.91 Å². The monoisotopic (exact) mass is 657 g/mol. The van der Waals surface area contributed by atoms with Gasteiger partial charge in [0.1, 0.15) is 5.69 Å². The largest absolute Gasteiger partial charge is 0.519 e. The Hall–Kier alpha value is -2.75. The van der Waals surface area contributed by atoms with E-state index in [0.717, 1.165) is 30.5 Å². The van der Waals surface area contributed by atoms with E-state index in [1.165, 1.54) is 6.42 Å². The molecule has 4 rings (SSSR count). The highest BCUT2D eigenvalue weighted by Gasteiger charge is 2.17. The van der Waals surface area contributed by atoms with Crippen LogP contribution in [-0.2, 0) is 17.8 Å². The van der Waals surface area contributed by atoms with Crippen LogP contribution in [0.15, 0.2) is 66.7 Å². The third-order valence-corrected chi connectivity index (χ3v) is 6.48. The average Bonchev–Trinajstić information content (AvgIpc) is 3.57. The summed E-state index contributed by atoms with van der Waals surface area (Å²) in [7, 11) is 1.87. The van der Waals surface area contributed by atoms with Crippen LogP contribution in [0.25, 0.3) is 22.6 Å². The molecule has 0 saturated heterocycles. The quantitative estimate of drug-likeness (QED) is 0.130. The van der Waals surface area contributed by atoms with Gasteiger partial charge >= 0.3 is 5.82 Å². The highest BCUT2D eigenvalue weighted by molar-refractivity contribution is 6.53. The fraction of sp³-hybridized carbons (Fsp3) is 0.367. The van der Waals surface area contributed by atoms with E-state index in [9.17, 15) is 9.59 Å². The minimum Gasteiger partial charge on any atom is -0.396 e. The molecular formula is C30H35Cl4N3O5. The number of halogens is 4. The zero-order chi connectivity index (χ0) is 31.1. The molecule has 2 aromatic heterocycles. The van der Waals surface area contributed by atoms with E-state index in [4.69, 9.17) is 59.8 Å². The van der Waals surface area contributed by atoms with Crippen LogP contribution in [0.4, 0.5) is 0 Å². The van der Waals surface area contributed by atoms with Crippen LogP contribution < -0.4 is 16.5 Å². The minimum absolute atomic E-state index is 0.0296. The molecule has 8 nitrogen and oxygen atoms in total. The van der Waals surface area contributed by atoms with Gasteiger partial charge in [0.05, 0.1) is 16.6 Å². The molecule has 0 fully saturated rings. The number of unbranched alkanes of at least 4 members (excludes halogenated alkanes) is 1. The Kier molecular flexibility index (Phi) is 15.8. The van der Waals surface area contributed by atoms with Crippen LogP contribution in [0.1, 0.15) is 50.2 Å². The van der Waals surface area contributed by atoms with E-state index in [1.807, 2.05) is 44.3 Å². The number of carbonyl (C=O) groups is 1. The number of alkyl halides is 2. The van der Waals surface area contributed by atoms with E-state index in [2.05, 4.69) is 29.6 Å². The van der Waals surface area contributed by atoms with Gasteiger partial charge in [-0.15, -0.1) is 0 Å². The predicted octanol–water partition coefficient (Wildman–Crippen LogP) is 8.23. The maximum Gasteiger partial charge on any atom is 0.519 e. The Morgan fingerprint density at radius 2 is 1.62 bits per heavy atom. The molecule has 2 N–H and O–H groups in total. The molecule has 0 aliphatic heterocycles. The summed E-state index contributed by atoms with van der Waals surface area (Å²) >= 11 is 23.1. The molecule has 0 spiro atoms. The number of carbonyl (C=O) groups excluding carboxylic acids is 1. The molecule has 2 heterocycles. The topological polar surface area (TPSA) is 111 Å². The smallest absolute Gasteiger partial charge is 0.396 e. The molecule has 12 heteroatoms. The van der Waals surface area contributed by atoms with Gasteiger partial charge < -0.3 is 24.0 Å². The Labute approximate surface area is 265 Å². The molecule has 228 valence electrons. The lowest BCUT2D eigenvalue weighted by atomic mass is 10.1. The number of aromatic nitrogens is 1. The molecule has 0 saturated carbocycles. The maximum absolute atomic E-state index is 11.2. The summed E-state index contributed by atoms with van der Waals surface area (Å²) in [5.41, 5.74) is 3.47. The second kappa shape index (κ2) is 18.7. The Morgan fingerprint density at radius 3 is 2.24 bits per heavy atom. The number of amides is 1. The first-order valence-electron chi connectivity index (χ1n) is 13.4. The third-order valence-electron chi connectivity index (χ3n) is 5.46. The number of nitrogens with zero attached hydrogens (tertiary/aromatic N) is 1. The van der Waals surface area contributed by atoms with Gasteiger partial charge in [0, 0.05) is 23.6 Å². The molecule has 1 amide bonds. The van der Waals surface area contributed by atoms with Crippen molar-refractivity contribution in [2.24, 2.45) is 0 Å². The Morgan fingerprint density at radius 1 is 0.976 bits per heavy atom. The van der Waals surface area contributed by atoms with Gasteiger partial charge in [0.2, 0.25) is 0 Å². The van der Waals surface area contributed by atoms with Crippen molar-refractivity contribution in [3.05, 3.63) is 86.3 Å². The molecular weight excluding hydrogens is 624 g/mol. The van der Waals surface area contributed by atoms with Crippen molar-refractivity contribution >= 4 is 52.3 Å². The average molecular weight is 659 g/mol. The SMILES string of the molecule is CCC.CNCCCCc1oc(=O)oc1CNC(=O)C(Cl)Cl.Cc1cccc(-c2cc(-c3c(Cl)cccc3Cl)no2)c1. The van der Waals surface area contributed by atoms with Gasteiger partial charge in [-0.05, 0) is 51.6 Å². The molecule has 0 radical (unpaired) electrons. The van der Waals surface area contributed by atoms with Crippen molar-refractivity contribution in [1.29, 1.82) is 0 Å². The molecule has 0 atom stereocenters. The lowest BCUT2D eigenvalue weighted by Crippen LogP contribution is -2.28. The number of aryl methyl sites for hydroxylation is 2. The fourth-order valence-corrected chi connectivity index (χ4v) is 4.31. The van der Waals surface area contributed by atoms with E-state index >= 15 is 0 Å². The first kappa shape index (κ1) is 35.4. The van der Waals surface area contributed by atoms with E-state index < -0.39 is 16.6 Å². The lowest BCUT2D eigenvalue weighted by Gasteiger charge is -2.04. The molecule has 0 unspecified atom stereocenters. The van der Waals surface area contributed by atoms with Crippen molar-refractivity contribution in [3.8, 4) is 22.6 Å². The fourth-order valence-electron chi connectivity index (χ4n) is 3.56. The summed E-state index contributed by atoms with van der Waals surface area (Å²) in [6.07, 6.45) is 3.62. The molecule has 42 heavy (non-hydrogen) atoms. The summed E-state index contributed by atoms with van der Waals surface area (Å²) in [6.45, 7) is 7.20. The van der Waals surface area contributed by atoms with Crippen LogP contribution in [-0.4, -0.2) is 29.5 Å². The highest BCUT2D eigenvalue weighted by atomic mass is 35.5. The van der Waals surface area contributed by atoms with Gasteiger partial charge in [-0.2, -0.15) is 0 Å². The van der Waals surface area contributed by atoms with Crippen LogP contribution in [0.5, 0.6) is 0 Å². The molecule has 2 aromatic carbocycles. The molecule has 0 bridgehead atoms. The number of hydrogen-bond acceptors (Lipinski definition) is 7. The van der Waals surface area contributed by atoms with E-state index in [0.29, 0.717) is 45.0 Å². The minimum atomic E-state index is -1.15. The summed E-state index contributed by atoms with van der Waals surface area (Å²) in [5, 5.41) is 10.7. The van der Waals surface area contributed by atoms with Crippen molar-refractivity contribution in [2.75, 3.05) is 13.6 Å². The first-order valence-corrected chi connectivity index (χ1v) is 15.0. The molecule has 0 aliphatic rings. The summed E-state index contributed by atoms with van der Waals surface area (Å²) in [4.78, 5) is 21.1. The van der Waals surface area contributed by atoms with Gasteiger partial charge in [-0.25, -0.2) is 4.79 Å². The molecule has 0 aliphatic carbocycles. The predicted molar refractivity (Wildman–Crippen MR) is 170 cm³/mol. The summed E-state index contributed by atoms with van der Waals surface area (Å²) < 4.78 is 15.2. The normalized spacial score (nSPS) is 10.5. The van der Waals surface area contributed by atoms with Crippen molar-refractivity contribution in [1.82, 2.24) is 15.8 Å². The maximum atomic E-state index is 11.2. The summed E-state index contributed by atoms with van der Waals surface area (Å²) in [6, 6.07) is 15.2. The third kappa shape index (κ3) is 11.5. The Balaban J connectivity index is 0.000000269. The van der Waals surface area contributed by atoms with E-state index in [-0.39, 0.29) is 6.54 Å². The number of benzene rings is 2. The van der Waals surface area contributed by atoms with Crippen molar-refractivity contribution in [3.63, 3.8) is 0 Å². The van der Waals surface area contributed by atoms with Gasteiger partial charge in [0.15, 0.2) is 22.1 Å². The van der Waals surface area contributed by atoms with Crippen LogP contribution in [0.3, 0.4) is 0 Å². The highest BCUT2D eigenvalue weighted by Crippen LogP contribution is 2.35. The van der Waals surface area contributed by atoms with Crippen LogP contribution in [0.2, 0.25) is 10.0 Å². The Bertz CT molecular complexity index is 1430. The first-order chi connectivity index (χ1) is 20.1. The summed E-state index contributed by atoms with van der Waals surface area (Å²) in [5.74, 6) is 0.119. The zero-order valence-corrected chi connectivity index (χ0v) is 27.0. The van der Waals surface area contributed by atoms with Crippen LogP contribution in [0, 0.1) is 6.92 Å². The van der Waals surface area contributed by atoms with Gasteiger partial charge in [-0.3, -0.25) is 4.79 Å². The number of rotatable bonds is 10. The number of hydrogen-bond donors (Lipinski definition) is 2. The van der Waals surface area contributed by atoms with Crippen molar-refractivity contribution in [2.45, 2.75) is 57.8 Å². The molecule has 4 aromatic rings. The van der Waals surface area contributed by atoms with E-state index in [1.54, 1.807) is 18.2 Å². The van der Waals surface area contributed by atoms with Gasteiger partial charge in [-0.1, -0.05) is 102 Å². The van der Waals surface area contributed by atoms with Crippen LogP contribution >= 0.6 is 46.4 Å². The second-order valence-corrected chi connectivity index (χ2v) is 11.0. The lowest BCUT2D eigenvalue weighted by molar-refractivity contribution is -0.119. The standard InChI is InChI=1S/C16H11Cl2NO.C11H16Cl2N2O4.C3H8/c1-10-4-2-5-11(8-10)15-9-14(19-20-15)16-12(17)6-3-7-13(16)18;1-14-5-3-2-4-7-8(19-11(17)18-7)6-15-10(16)9(12)13;1-3-2/h2-9H,1H3;9,14H,2-6H2,1H3,(H,15,16);3H2,1-2H3.